The van der Waals surface area contributed by atoms with Crippen molar-refractivity contribution < 1.29 is 9.53 Å². The van der Waals surface area contributed by atoms with E-state index in [0.29, 0.717) is 24.3 Å². The highest BCUT2D eigenvalue weighted by Gasteiger charge is 2.42. The van der Waals surface area contributed by atoms with Crippen LogP contribution in [0, 0.1) is 5.92 Å². The SMILES string of the molecule is O=C(C[C@@H]1C[C@H]2CN(CCc3ccccc3)C[C@H]2O1)N1CCC1. The zero-order valence-corrected chi connectivity index (χ0v) is 13.7. The lowest BCUT2D eigenvalue weighted by molar-refractivity contribution is -0.137. The molecule has 4 nitrogen and oxygen atoms in total. The molecular weight excluding hydrogens is 288 g/mol. The Kier molecular flexibility index (Phi) is 4.36. The van der Waals surface area contributed by atoms with Gasteiger partial charge in [-0.1, -0.05) is 30.3 Å². The highest BCUT2D eigenvalue weighted by Crippen LogP contribution is 2.34. The monoisotopic (exact) mass is 314 g/mol. The van der Waals surface area contributed by atoms with Crippen molar-refractivity contribution in [1.82, 2.24) is 9.80 Å². The molecule has 3 fully saturated rings. The van der Waals surface area contributed by atoms with E-state index in [1.165, 1.54) is 12.0 Å². The van der Waals surface area contributed by atoms with E-state index in [0.717, 1.165) is 45.6 Å². The highest BCUT2D eigenvalue weighted by atomic mass is 16.5. The number of rotatable bonds is 5. The Morgan fingerprint density at radius 1 is 1.17 bits per heavy atom. The molecule has 0 saturated carbocycles. The molecule has 0 radical (unpaired) electrons. The Hall–Kier alpha value is -1.39. The molecule has 23 heavy (non-hydrogen) atoms. The Morgan fingerprint density at radius 2 is 2.00 bits per heavy atom. The van der Waals surface area contributed by atoms with Crippen LogP contribution < -0.4 is 0 Å². The second-order valence-corrected chi connectivity index (χ2v) is 7.23. The quantitative estimate of drug-likeness (QED) is 0.833. The molecule has 0 aliphatic carbocycles. The Labute approximate surface area is 138 Å². The molecule has 0 bridgehead atoms. The van der Waals surface area contributed by atoms with Crippen molar-refractivity contribution >= 4 is 5.91 Å². The van der Waals surface area contributed by atoms with Crippen LogP contribution in [0.25, 0.3) is 0 Å². The fourth-order valence-corrected chi connectivity index (χ4v) is 4.08. The largest absolute Gasteiger partial charge is 0.373 e. The summed E-state index contributed by atoms with van der Waals surface area (Å²) in [6.45, 7) is 5.17. The summed E-state index contributed by atoms with van der Waals surface area (Å²) in [5.41, 5.74) is 1.41. The van der Waals surface area contributed by atoms with Crippen LogP contribution in [0.3, 0.4) is 0 Å². The van der Waals surface area contributed by atoms with E-state index in [9.17, 15) is 4.79 Å². The summed E-state index contributed by atoms with van der Waals surface area (Å²) in [6.07, 6.45) is 4.44. The smallest absolute Gasteiger partial charge is 0.225 e. The molecule has 3 atom stereocenters. The summed E-state index contributed by atoms with van der Waals surface area (Å²) >= 11 is 0. The summed E-state index contributed by atoms with van der Waals surface area (Å²) in [4.78, 5) is 16.5. The van der Waals surface area contributed by atoms with Gasteiger partial charge in [-0.2, -0.15) is 0 Å². The number of carbonyl (C=O) groups excluding carboxylic acids is 1. The van der Waals surface area contributed by atoms with E-state index >= 15 is 0 Å². The maximum Gasteiger partial charge on any atom is 0.225 e. The first-order chi connectivity index (χ1) is 11.3. The molecule has 3 heterocycles. The molecule has 1 aromatic rings. The van der Waals surface area contributed by atoms with Crippen LogP contribution in [0.2, 0.25) is 0 Å². The molecule has 0 unspecified atom stereocenters. The number of hydrogen-bond acceptors (Lipinski definition) is 3. The lowest BCUT2D eigenvalue weighted by Crippen LogP contribution is -2.43. The summed E-state index contributed by atoms with van der Waals surface area (Å²) < 4.78 is 6.17. The van der Waals surface area contributed by atoms with Crippen molar-refractivity contribution in [3.63, 3.8) is 0 Å². The highest BCUT2D eigenvalue weighted by molar-refractivity contribution is 5.77. The van der Waals surface area contributed by atoms with Gasteiger partial charge < -0.3 is 14.5 Å². The van der Waals surface area contributed by atoms with Gasteiger partial charge in [0.15, 0.2) is 0 Å². The van der Waals surface area contributed by atoms with E-state index in [4.69, 9.17) is 4.74 Å². The summed E-state index contributed by atoms with van der Waals surface area (Å²) in [6, 6.07) is 10.7. The predicted octanol–water partition coefficient (Wildman–Crippen LogP) is 1.94. The Morgan fingerprint density at radius 3 is 2.70 bits per heavy atom. The van der Waals surface area contributed by atoms with Crippen LogP contribution in [0.5, 0.6) is 0 Å². The number of benzene rings is 1. The van der Waals surface area contributed by atoms with Crippen molar-refractivity contribution in [2.45, 2.75) is 37.9 Å². The molecule has 124 valence electrons. The van der Waals surface area contributed by atoms with Crippen molar-refractivity contribution in [3.8, 4) is 0 Å². The maximum atomic E-state index is 12.1. The van der Waals surface area contributed by atoms with Crippen LogP contribution in [0.1, 0.15) is 24.8 Å². The summed E-state index contributed by atoms with van der Waals surface area (Å²) in [7, 11) is 0. The van der Waals surface area contributed by atoms with Gasteiger partial charge in [0.25, 0.3) is 0 Å². The number of ether oxygens (including phenoxy) is 1. The molecule has 1 amide bonds. The molecule has 1 aromatic carbocycles. The van der Waals surface area contributed by atoms with E-state index in [1.54, 1.807) is 0 Å². The van der Waals surface area contributed by atoms with Gasteiger partial charge in [-0.3, -0.25) is 4.79 Å². The average molecular weight is 314 g/mol. The standard InChI is InChI=1S/C19H26N2O2/c22-19(21-8-4-9-21)12-17-11-16-13-20(14-18(16)23-17)10-7-15-5-2-1-3-6-15/h1-3,5-6,16-18H,4,7-14H2/t16-,17-,18+/m0/s1. The molecule has 3 saturated heterocycles. The number of carbonyl (C=O) groups is 1. The molecular formula is C19H26N2O2. The third-order valence-corrected chi connectivity index (χ3v) is 5.56. The molecule has 0 N–H and O–H groups in total. The van der Waals surface area contributed by atoms with E-state index in [2.05, 4.69) is 35.2 Å². The second kappa shape index (κ2) is 6.62. The number of nitrogens with zero attached hydrogens (tertiary/aromatic N) is 2. The van der Waals surface area contributed by atoms with E-state index < -0.39 is 0 Å². The fraction of sp³-hybridized carbons (Fsp3) is 0.632. The van der Waals surface area contributed by atoms with Gasteiger partial charge in [-0.05, 0) is 24.8 Å². The molecule has 3 aliphatic rings. The molecule has 0 aromatic heterocycles. The Balaban J connectivity index is 1.21. The number of fused-ring (bicyclic) bond motifs is 1. The number of hydrogen-bond donors (Lipinski definition) is 0. The van der Waals surface area contributed by atoms with Crippen molar-refractivity contribution in [3.05, 3.63) is 35.9 Å². The van der Waals surface area contributed by atoms with Crippen LogP contribution in [-0.2, 0) is 16.0 Å². The number of likely N-dealkylation sites (tertiary alicyclic amines) is 2. The predicted molar refractivity (Wildman–Crippen MR) is 89.2 cm³/mol. The second-order valence-electron chi connectivity index (χ2n) is 7.23. The van der Waals surface area contributed by atoms with E-state index in [1.807, 2.05) is 4.90 Å². The van der Waals surface area contributed by atoms with Crippen LogP contribution in [0.4, 0.5) is 0 Å². The van der Waals surface area contributed by atoms with Crippen molar-refractivity contribution in [2.75, 3.05) is 32.7 Å². The van der Waals surface area contributed by atoms with Gasteiger partial charge in [-0.25, -0.2) is 0 Å². The van der Waals surface area contributed by atoms with Crippen LogP contribution in [0.15, 0.2) is 30.3 Å². The van der Waals surface area contributed by atoms with Crippen molar-refractivity contribution in [1.29, 1.82) is 0 Å². The van der Waals surface area contributed by atoms with Crippen molar-refractivity contribution in [2.24, 2.45) is 5.92 Å². The minimum Gasteiger partial charge on any atom is -0.373 e. The number of amides is 1. The zero-order chi connectivity index (χ0) is 15.6. The van der Waals surface area contributed by atoms with Gasteiger partial charge in [0.05, 0.1) is 18.6 Å². The molecule has 4 rings (SSSR count). The van der Waals surface area contributed by atoms with Gasteiger partial charge in [0.2, 0.25) is 5.91 Å². The maximum absolute atomic E-state index is 12.1. The minimum absolute atomic E-state index is 0.161. The topological polar surface area (TPSA) is 32.8 Å². The Bertz CT molecular complexity index is 530. The molecule has 0 spiro atoms. The minimum atomic E-state index is 0.161. The third kappa shape index (κ3) is 3.43. The average Bonchev–Trinajstić information content (AvgIpc) is 3.02. The normalized spacial score (nSPS) is 30.3. The fourth-order valence-electron chi connectivity index (χ4n) is 4.08. The summed E-state index contributed by atoms with van der Waals surface area (Å²) in [5.74, 6) is 0.919. The molecule has 3 aliphatic heterocycles. The zero-order valence-electron chi connectivity index (χ0n) is 13.7. The summed E-state index contributed by atoms with van der Waals surface area (Å²) in [5, 5.41) is 0. The lowest BCUT2D eigenvalue weighted by Gasteiger charge is -2.31. The van der Waals surface area contributed by atoms with Crippen LogP contribution in [-0.4, -0.2) is 60.6 Å². The lowest BCUT2D eigenvalue weighted by atomic mass is 10.0. The first-order valence-electron chi connectivity index (χ1n) is 8.97. The third-order valence-electron chi connectivity index (χ3n) is 5.56. The molecule has 4 heteroatoms. The van der Waals surface area contributed by atoms with Gasteiger partial charge in [0, 0.05) is 38.6 Å². The van der Waals surface area contributed by atoms with Gasteiger partial charge in [-0.15, -0.1) is 0 Å². The van der Waals surface area contributed by atoms with Crippen LogP contribution >= 0.6 is 0 Å². The van der Waals surface area contributed by atoms with E-state index in [-0.39, 0.29) is 6.10 Å². The first kappa shape index (κ1) is 15.2. The van der Waals surface area contributed by atoms with Gasteiger partial charge in [0.1, 0.15) is 0 Å². The van der Waals surface area contributed by atoms with Gasteiger partial charge >= 0.3 is 0 Å². The first-order valence-corrected chi connectivity index (χ1v) is 8.97.